The molecule has 1 saturated heterocycles. The summed E-state index contributed by atoms with van der Waals surface area (Å²) < 4.78 is 5.29. The van der Waals surface area contributed by atoms with Crippen molar-refractivity contribution in [2.45, 2.75) is 26.2 Å². The first-order chi connectivity index (χ1) is 11.6. The second kappa shape index (κ2) is 9.39. The molecule has 2 amide bonds. The van der Waals surface area contributed by atoms with Crippen LogP contribution in [0.5, 0.6) is 0 Å². The van der Waals surface area contributed by atoms with E-state index in [2.05, 4.69) is 29.4 Å². The highest BCUT2D eigenvalue weighted by Crippen LogP contribution is 2.16. The molecule has 0 saturated carbocycles. The lowest BCUT2D eigenvalue weighted by Gasteiger charge is -2.26. The number of anilines is 1. The van der Waals surface area contributed by atoms with Gasteiger partial charge < -0.3 is 15.4 Å². The molecule has 1 aliphatic rings. The third-order valence-corrected chi connectivity index (χ3v) is 4.08. The van der Waals surface area contributed by atoms with Gasteiger partial charge in [-0.2, -0.15) is 0 Å². The number of ether oxygens (including phenoxy) is 1. The predicted octanol–water partition coefficient (Wildman–Crippen LogP) is 1.59. The Morgan fingerprint density at radius 2 is 1.79 bits per heavy atom. The molecule has 2 rings (SSSR count). The van der Waals surface area contributed by atoms with Gasteiger partial charge in [0.25, 0.3) is 0 Å². The Bertz CT molecular complexity index is 537. The van der Waals surface area contributed by atoms with E-state index in [9.17, 15) is 9.59 Å². The van der Waals surface area contributed by atoms with Crippen LogP contribution in [-0.2, 0) is 14.3 Å². The van der Waals surface area contributed by atoms with Crippen LogP contribution in [0.3, 0.4) is 0 Å². The van der Waals surface area contributed by atoms with Crippen LogP contribution in [0.4, 0.5) is 5.69 Å². The van der Waals surface area contributed by atoms with E-state index in [1.165, 1.54) is 5.56 Å². The van der Waals surface area contributed by atoms with Crippen LogP contribution >= 0.6 is 0 Å². The van der Waals surface area contributed by atoms with Crippen molar-refractivity contribution in [3.8, 4) is 0 Å². The first-order valence-corrected chi connectivity index (χ1v) is 8.55. The number of nitrogens with one attached hydrogen (secondary N) is 2. The number of amides is 2. The van der Waals surface area contributed by atoms with Crippen molar-refractivity contribution in [3.63, 3.8) is 0 Å². The average Bonchev–Trinajstić information content (AvgIpc) is 2.60. The highest BCUT2D eigenvalue weighted by molar-refractivity contribution is 6.39. The van der Waals surface area contributed by atoms with Crippen LogP contribution < -0.4 is 10.6 Å². The molecule has 0 spiro atoms. The normalized spacial score (nSPS) is 15.3. The summed E-state index contributed by atoms with van der Waals surface area (Å²) in [5.74, 6) is -0.784. The molecule has 0 aromatic heterocycles. The van der Waals surface area contributed by atoms with Gasteiger partial charge in [-0.05, 0) is 36.6 Å². The third-order valence-electron chi connectivity index (χ3n) is 4.08. The maximum absolute atomic E-state index is 11.9. The van der Waals surface area contributed by atoms with Crippen LogP contribution in [0, 0.1) is 0 Å². The molecule has 0 atom stereocenters. The van der Waals surface area contributed by atoms with Crippen molar-refractivity contribution in [2.75, 3.05) is 44.7 Å². The summed E-state index contributed by atoms with van der Waals surface area (Å²) in [6.45, 7) is 9.02. The molecule has 1 aromatic rings. The molecular formula is C18H27N3O3. The van der Waals surface area contributed by atoms with Gasteiger partial charge >= 0.3 is 11.8 Å². The minimum absolute atomic E-state index is 0.435. The Morgan fingerprint density at radius 1 is 1.12 bits per heavy atom. The van der Waals surface area contributed by atoms with Crippen LogP contribution in [0.1, 0.15) is 31.7 Å². The molecule has 1 fully saturated rings. The Morgan fingerprint density at radius 3 is 2.42 bits per heavy atom. The number of carbonyl (C=O) groups excluding carboxylic acids is 2. The van der Waals surface area contributed by atoms with E-state index in [0.717, 1.165) is 39.3 Å². The zero-order chi connectivity index (χ0) is 17.4. The molecule has 0 bridgehead atoms. The van der Waals surface area contributed by atoms with Gasteiger partial charge in [0, 0.05) is 25.3 Å². The van der Waals surface area contributed by atoms with Crippen LogP contribution in [0.15, 0.2) is 24.3 Å². The SMILES string of the molecule is CC(C)c1ccc(NC(=O)C(=O)NCCCN2CCOCC2)cc1. The molecule has 6 heteroatoms. The van der Waals surface area contributed by atoms with Crippen molar-refractivity contribution < 1.29 is 14.3 Å². The zero-order valence-electron chi connectivity index (χ0n) is 14.5. The number of morpholine rings is 1. The Balaban J connectivity index is 1.67. The maximum Gasteiger partial charge on any atom is 0.313 e. The average molecular weight is 333 g/mol. The number of benzene rings is 1. The number of hydrogen-bond donors (Lipinski definition) is 2. The summed E-state index contributed by atoms with van der Waals surface area (Å²) in [6, 6.07) is 7.55. The second-order valence-corrected chi connectivity index (χ2v) is 6.29. The molecule has 6 nitrogen and oxygen atoms in total. The van der Waals surface area contributed by atoms with Crippen molar-refractivity contribution in [3.05, 3.63) is 29.8 Å². The molecule has 0 radical (unpaired) electrons. The summed E-state index contributed by atoms with van der Waals surface area (Å²) in [6.07, 6.45) is 0.822. The first-order valence-electron chi connectivity index (χ1n) is 8.55. The van der Waals surface area contributed by atoms with E-state index in [1.54, 1.807) is 0 Å². The Hall–Kier alpha value is -1.92. The molecule has 2 N–H and O–H groups in total. The van der Waals surface area contributed by atoms with Crippen LogP contribution in [0.2, 0.25) is 0 Å². The molecule has 0 aliphatic carbocycles. The molecule has 132 valence electrons. The monoisotopic (exact) mass is 333 g/mol. The smallest absolute Gasteiger partial charge is 0.313 e. The highest BCUT2D eigenvalue weighted by Gasteiger charge is 2.14. The van der Waals surface area contributed by atoms with Gasteiger partial charge in [0.15, 0.2) is 0 Å². The second-order valence-electron chi connectivity index (χ2n) is 6.29. The molecule has 1 aromatic carbocycles. The van der Waals surface area contributed by atoms with Crippen molar-refractivity contribution in [1.29, 1.82) is 0 Å². The standard InChI is InChI=1S/C18H27N3O3/c1-14(2)15-4-6-16(7-5-15)20-18(23)17(22)19-8-3-9-21-10-12-24-13-11-21/h4-7,14H,3,8-13H2,1-2H3,(H,19,22)(H,20,23). The fourth-order valence-electron chi connectivity index (χ4n) is 2.55. The fraction of sp³-hybridized carbons (Fsp3) is 0.556. The van der Waals surface area contributed by atoms with Crippen molar-refractivity contribution >= 4 is 17.5 Å². The molecular weight excluding hydrogens is 306 g/mol. The van der Waals surface area contributed by atoms with E-state index in [1.807, 2.05) is 24.3 Å². The van der Waals surface area contributed by atoms with Gasteiger partial charge in [-0.25, -0.2) is 0 Å². The number of carbonyl (C=O) groups is 2. The minimum atomic E-state index is -0.626. The van der Waals surface area contributed by atoms with E-state index in [4.69, 9.17) is 4.74 Å². The van der Waals surface area contributed by atoms with Gasteiger partial charge in [0.2, 0.25) is 0 Å². The largest absolute Gasteiger partial charge is 0.379 e. The van der Waals surface area contributed by atoms with Crippen LogP contribution in [-0.4, -0.2) is 56.1 Å². The lowest BCUT2D eigenvalue weighted by Crippen LogP contribution is -2.39. The number of hydrogen-bond acceptors (Lipinski definition) is 4. The molecule has 24 heavy (non-hydrogen) atoms. The quantitative estimate of drug-likeness (QED) is 0.613. The Labute approximate surface area is 143 Å². The third kappa shape index (κ3) is 5.94. The molecule has 1 aliphatic heterocycles. The molecule has 1 heterocycles. The first kappa shape index (κ1) is 18.4. The van der Waals surface area contributed by atoms with Gasteiger partial charge in [0.1, 0.15) is 0 Å². The number of rotatable bonds is 6. The summed E-state index contributed by atoms with van der Waals surface area (Å²) in [4.78, 5) is 26.0. The topological polar surface area (TPSA) is 70.7 Å². The summed E-state index contributed by atoms with van der Waals surface area (Å²) in [7, 11) is 0. The van der Waals surface area contributed by atoms with E-state index < -0.39 is 11.8 Å². The molecule has 0 unspecified atom stereocenters. The van der Waals surface area contributed by atoms with E-state index in [0.29, 0.717) is 18.2 Å². The van der Waals surface area contributed by atoms with Crippen molar-refractivity contribution in [2.24, 2.45) is 0 Å². The minimum Gasteiger partial charge on any atom is -0.379 e. The lowest BCUT2D eigenvalue weighted by molar-refractivity contribution is -0.136. The summed E-state index contributed by atoms with van der Waals surface area (Å²) in [5, 5.41) is 5.28. The predicted molar refractivity (Wildman–Crippen MR) is 94.0 cm³/mol. The lowest BCUT2D eigenvalue weighted by atomic mass is 10.0. The van der Waals surface area contributed by atoms with Crippen LogP contribution in [0.25, 0.3) is 0 Å². The number of nitrogens with zero attached hydrogens (tertiary/aromatic N) is 1. The maximum atomic E-state index is 11.9. The fourth-order valence-corrected chi connectivity index (χ4v) is 2.55. The summed E-state index contributed by atoms with van der Waals surface area (Å²) in [5.41, 5.74) is 1.83. The van der Waals surface area contributed by atoms with E-state index >= 15 is 0 Å². The summed E-state index contributed by atoms with van der Waals surface area (Å²) >= 11 is 0. The van der Waals surface area contributed by atoms with Gasteiger partial charge in [-0.15, -0.1) is 0 Å². The van der Waals surface area contributed by atoms with Crippen molar-refractivity contribution in [1.82, 2.24) is 10.2 Å². The van der Waals surface area contributed by atoms with Gasteiger partial charge in [-0.1, -0.05) is 26.0 Å². The zero-order valence-corrected chi connectivity index (χ0v) is 14.5. The Kier molecular flexibility index (Phi) is 7.21. The van der Waals surface area contributed by atoms with Gasteiger partial charge in [0.05, 0.1) is 13.2 Å². The highest BCUT2D eigenvalue weighted by atomic mass is 16.5. The van der Waals surface area contributed by atoms with Gasteiger partial charge in [-0.3, -0.25) is 14.5 Å². The van der Waals surface area contributed by atoms with E-state index in [-0.39, 0.29) is 0 Å².